The van der Waals surface area contributed by atoms with E-state index in [-0.39, 0.29) is 0 Å². The van der Waals surface area contributed by atoms with Crippen LogP contribution in [0.3, 0.4) is 0 Å². The first kappa shape index (κ1) is 13.4. The molecule has 21 heavy (non-hydrogen) atoms. The van der Waals surface area contributed by atoms with E-state index in [2.05, 4.69) is 15.2 Å². The lowest BCUT2D eigenvalue weighted by molar-refractivity contribution is -0.138. The van der Waals surface area contributed by atoms with Gasteiger partial charge in [-0.2, -0.15) is 9.90 Å². The molecule has 3 rings (SSSR count). The van der Waals surface area contributed by atoms with Gasteiger partial charge in [0.25, 0.3) is 0 Å². The maximum absolute atomic E-state index is 10.8. The van der Waals surface area contributed by atoms with Crippen LogP contribution >= 0.6 is 11.3 Å². The van der Waals surface area contributed by atoms with Gasteiger partial charge < -0.3 is 10.8 Å². The van der Waals surface area contributed by atoms with Gasteiger partial charge in [-0.1, -0.05) is 18.2 Å². The van der Waals surface area contributed by atoms with Crippen molar-refractivity contribution >= 4 is 17.3 Å². The van der Waals surface area contributed by atoms with Gasteiger partial charge in [0.05, 0.1) is 17.6 Å². The molecule has 0 amide bonds. The number of aliphatic carboxylic acids is 1. The second-order valence-electron chi connectivity index (χ2n) is 4.25. The van der Waals surface area contributed by atoms with Gasteiger partial charge in [0.15, 0.2) is 0 Å². The van der Waals surface area contributed by atoms with Crippen LogP contribution < -0.4 is 5.73 Å². The number of para-hydroxylation sites is 1. The Labute approximate surface area is 123 Å². The van der Waals surface area contributed by atoms with E-state index in [1.54, 1.807) is 11.6 Å². The van der Waals surface area contributed by atoms with Crippen molar-refractivity contribution in [3.63, 3.8) is 0 Å². The summed E-state index contributed by atoms with van der Waals surface area (Å²) < 4.78 is 0. The van der Waals surface area contributed by atoms with E-state index in [0.717, 1.165) is 5.69 Å². The minimum Gasteiger partial charge on any atom is -0.480 e. The second kappa shape index (κ2) is 5.43. The molecule has 7 nitrogen and oxygen atoms in total. The van der Waals surface area contributed by atoms with Crippen molar-refractivity contribution in [3.05, 3.63) is 47.6 Å². The first-order chi connectivity index (χ1) is 10.1. The quantitative estimate of drug-likeness (QED) is 0.755. The minimum atomic E-state index is -1.13. The maximum Gasteiger partial charge on any atom is 0.326 e. The summed E-state index contributed by atoms with van der Waals surface area (Å²) in [5, 5.41) is 19.6. The van der Waals surface area contributed by atoms with Crippen molar-refractivity contribution in [1.29, 1.82) is 0 Å². The molecule has 1 aromatic carbocycles. The third-order valence-electron chi connectivity index (χ3n) is 2.80. The van der Waals surface area contributed by atoms with Crippen molar-refractivity contribution in [3.8, 4) is 16.4 Å². The summed E-state index contributed by atoms with van der Waals surface area (Å²) in [6, 6.07) is 8.35. The molecule has 0 radical (unpaired) electrons. The molecular formula is C13H11N5O2S. The van der Waals surface area contributed by atoms with E-state index in [9.17, 15) is 4.79 Å². The molecule has 0 spiro atoms. The van der Waals surface area contributed by atoms with Crippen molar-refractivity contribution in [2.24, 2.45) is 5.73 Å². The minimum absolute atomic E-state index is 0.316. The molecule has 3 aromatic rings. The molecule has 1 unspecified atom stereocenters. The summed E-state index contributed by atoms with van der Waals surface area (Å²) in [6.07, 6.45) is 1.59. The normalized spacial score (nSPS) is 12.2. The summed E-state index contributed by atoms with van der Waals surface area (Å²) in [4.78, 5) is 16.5. The largest absolute Gasteiger partial charge is 0.480 e. The fourth-order valence-corrected chi connectivity index (χ4v) is 2.52. The number of aromatic nitrogens is 4. The summed E-state index contributed by atoms with van der Waals surface area (Å²) in [5.41, 5.74) is 7.26. The fraction of sp³-hybridized carbons (Fsp3) is 0.0769. The van der Waals surface area contributed by atoms with Gasteiger partial charge in [-0.25, -0.2) is 4.98 Å². The Morgan fingerprint density at radius 3 is 2.81 bits per heavy atom. The predicted molar refractivity (Wildman–Crippen MR) is 77.0 cm³/mol. The monoisotopic (exact) mass is 301 g/mol. The van der Waals surface area contributed by atoms with Crippen LogP contribution in [-0.2, 0) is 4.79 Å². The van der Waals surface area contributed by atoms with Gasteiger partial charge in [0, 0.05) is 5.38 Å². The third-order valence-corrected chi connectivity index (χ3v) is 3.69. The van der Waals surface area contributed by atoms with Crippen LogP contribution in [-0.4, -0.2) is 31.1 Å². The molecule has 8 heteroatoms. The van der Waals surface area contributed by atoms with Crippen LogP contribution in [0.2, 0.25) is 0 Å². The Hall–Kier alpha value is -2.58. The first-order valence-electron chi connectivity index (χ1n) is 6.07. The molecule has 2 aromatic heterocycles. The number of carboxylic acids is 1. The van der Waals surface area contributed by atoms with E-state index in [4.69, 9.17) is 10.8 Å². The summed E-state index contributed by atoms with van der Waals surface area (Å²) in [5.74, 6) is -1.11. The molecule has 1 atom stereocenters. The zero-order chi connectivity index (χ0) is 14.8. The van der Waals surface area contributed by atoms with E-state index >= 15 is 0 Å². The van der Waals surface area contributed by atoms with Gasteiger partial charge in [-0.05, 0) is 12.1 Å². The van der Waals surface area contributed by atoms with Crippen molar-refractivity contribution < 1.29 is 9.90 Å². The highest BCUT2D eigenvalue weighted by Crippen LogP contribution is 2.24. The molecule has 0 bridgehead atoms. The number of carboxylic acid groups (broad SMARTS) is 1. The summed E-state index contributed by atoms with van der Waals surface area (Å²) in [6.45, 7) is 0. The third kappa shape index (κ3) is 2.67. The Kier molecular flexibility index (Phi) is 3.46. The highest BCUT2D eigenvalue weighted by atomic mass is 32.1. The SMILES string of the molecule is NC(C(=O)O)c1csc(-c2cnn(-c3ccccc3)n2)n1. The predicted octanol–water partition coefficient (Wildman–Crippen LogP) is 1.48. The molecule has 0 fully saturated rings. The smallest absolute Gasteiger partial charge is 0.326 e. The average molecular weight is 301 g/mol. The zero-order valence-electron chi connectivity index (χ0n) is 10.7. The number of rotatable bonds is 4. The molecule has 0 aliphatic heterocycles. The Morgan fingerprint density at radius 2 is 2.10 bits per heavy atom. The van der Waals surface area contributed by atoms with Crippen molar-refractivity contribution in [2.45, 2.75) is 6.04 Å². The van der Waals surface area contributed by atoms with Crippen LogP contribution in [0.25, 0.3) is 16.4 Å². The van der Waals surface area contributed by atoms with Gasteiger partial charge in [-0.15, -0.1) is 16.4 Å². The lowest BCUT2D eigenvalue weighted by Crippen LogP contribution is -2.20. The molecule has 2 heterocycles. The average Bonchev–Trinajstić information content (AvgIpc) is 3.16. The Bertz CT molecular complexity index is 768. The number of benzene rings is 1. The molecule has 106 valence electrons. The second-order valence-corrected chi connectivity index (χ2v) is 5.11. The van der Waals surface area contributed by atoms with Crippen LogP contribution in [0.4, 0.5) is 0 Å². The summed E-state index contributed by atoms with van der Waals surface area (Å²) in [7, 11) is 0. The standard InChI is InChI=1S/C13H11N5O2S/c14-11(13(19)20)10-7-21-12(16-10)9-6-15-18(17-9)8-4-2-1-3-5-8/h1-7,11H,14H2,(H,19,20). The van der Waals surface area contributed by atoms with Crippen LogP contribution in [0, 0.1) is 0 Å². The number of nitrogens with two attached hydrogens (primary N) is 1. The number of hydrogen-bond donors (Lipinski definition) is 2. The molecule has 0 aliphatic carbocycles. The van der Waals surface area contributed by atoms with E-state index in [1.165, 1.54) is 16.1 Å². The number of nitrogens with zero attached hydrogens (tertiary/aromatic N) is 4. The van der Waals surface area contributed by atoms with Crippen LogP contribution in [0.5, 0.6) is 0 Å². The highest BCUT2D eigenvalue weighted by Gasteiger charge is 2.19. The highest BCUT2D eigenvalue weighted by molar-refractivity contribution is 7.13. The Morgan fingerprint density at radius 1 is 1.33 bits per heavy atom. The van der Waals surface area contributed by atoms with E-state index in [1.807, 2.05) is 30.3 Å². The van der Waals surface area contributed by atoms with E-state index in [0.29, 0.717) is 16.4 Å². The molecule has 0 aliphatic rings. The van der Waals surface area contributed by atoms with Crippen molar-refractivity contribution in [2.75, 3.05) is 0 Å². The van der Waals surface area contributed by atoms with Gasteiger partial charge in [-0.3, -0.25) is 4.79 Å². The Balaban J connectivity index is 1.89. The molecule has 3 N–H and O–H groups in total. The lowest BCUT2D eigenvalue weighted by Gasteiger charge is -2.00. The first-order valence-corrected chi connectivity index (χ1v) is 6.95. The molecular weight excluding hydrogens is 290 g/mol. The van der Waals surface area contributed by atoms with Gasteiger partial charge in [0.2, 0.25) is 0 Å². The molecule has 0 saturated carbocycles. The fourth-order valence-electron chi connectivity index (χ4n) is 1.72. The number of carbonyl (C=O) groups is 1. The lowest BCUT2D eigenvalue weighted by atomic mass is 10.2. The number of hydrogen-bond acceptors (Lipinski definition) is 6. The van der Waals surface area contributed by atoms with Crippen LogP contribution in [0.15, 0.2) is 41.9 Å². The number of thiazole rings is 1. The van der Waals surface area contributed by atoms with Crippen molar-refractivity contribution in [1.82, 2.24) is 20.0 Å². The molecule has 0 saturated heterocycles. The zero-order valence-corrected chi connectivity index (χ0v) is 11.6. The topological polar surface area (TPSA) is 107 Å². The maximum atomic E-state index is 10.8. The van der Waals surface area contributed by atoms with Gasteiger partial charge >= 0.3 is 5.97 Å². The summed E-state index contributed by atoms with van der Waals surface area (Å²) >= 11 is 1.29. The van der Waals surface area contributed by atoms with Gasteiger partial charge in [0.1, 0.15) is 16.7 Å². The van der Waals surface area contributed by atoms with E-state index < -0.39 is 12.0 Å². The van der Waals surface area contributed by atoms with Crippen LogP contribution in [0.1, 0.15) is 11.7 Å².